The van der Waals surface area contributed by atoms with Crippen molar-refractivity contribution in [1.82, 2.24) is 0 Å². The third kappa shape index (κ3) is 2.19. The minimum Gasteiger partial charge on any atom is -0.390 e. The van der Waals surface area contributed by atoms with Gasteiger partial charge in [-0.3, -0.25) is 0 Å². The van der Waals surface area contributed by atoms with Gasteiger partial charge >= 0.3 is 0 Å². The second-order valence-electron chi connectivity index (χ2n) is 4.17. The third-order valence-corrected chi connectivity index (χ3v) is 3.04. The van der Waals surface area contributed by atoms with Crippen LogP contribution in [0.2, 0.25) is 0 Å². The summed E-state index contributed by atoms with van der Waals surface area (Å²) in [7, 11) is 0. The molecule has 1 saturated carbocycles. The monoisotopic (exact) mass is 156 g/mol. The lowest BCUT2D eigenvalue weighted by Gasteiger charge is -2.30. The molecule has 0 radical (unpaired) electrons. The molecule has 66 valence electrons. The molecule has 0 aromatic rings. The van der Waals surface area contributed by atoms with E-state index >= 15 is 0 Å². The Balaban J connectivity index is 2.52. The van der Waals surface area contributed by atoms with Crippen molar-refractivity contribution in [1.29, 1.82) is 0 Å². The number of rotatable bonds is 1. The molecule has 0 atom stereocenters. The summed E-state index contributed by atoms with van der Waals surface area (Å²) in [6, 6.07) is 0. The fraction of sp³-hybridized carbons (Fsp3) is 1.00. The van der Waals surface area contributed by atoms with Gasteiger partial charge in [-0.1, -0.05) is 39.5 Å². The summed E-state index contributed by atoms with van der Waals surface area (Å²) in [6.07, 6.45) is 7.10. The maximum Gasteiger partial charge on any atom is 0.0670 e. The van der Waals surface area contributed by atoms with Gasteiger partial charge in [0.25, 0.3) is 0 Å². The van der Waals surface area contributed by atoms with Gasteiger partial charge in [-0.15, -0.1) is 0 Å². The van der Waals surface area contributed by atoms with Gasteiger partial charge in [0.15, 0.2) is 0 Å². The largest absolute Gasteiger partial charge is 0.390 e. The zero-order chi connectivity index (χ0) is 8.32. The molecule has 0 spiro atoms. The second kappa shape index (κ2) is 3.57. The van der Waals surface area contributed by atoms with Crippen molar-refractivity contribution in [2.75, 3.05) is 0 Å². The zero-order valence-corrected chi connectivity index (χ0v) is 7.77. The Morgan fingerprint density at radius 3 is 1.82 bits per heavy atom. The molecule has 0 aromatic carbocycles. The van der Waals surface area contributed by atoms with E-state index in [0.717, 1.165) is 12.8 Å². The second-order valence-corrected chi connectivity index (χ2v) is 4.17. The molecule has 1 aliphatic carbocycles. The van der Waals surface area contributed by atoms with Crippen LogP contribution < -0.4 is 0 Å². The highest BCUT2D eigenvalue weighted by atomic mass is 16.3. The van der Waals surface area contributed by atoms with Gasteiger partial charge in [0, 0.05) is 0 Å². The average molecular weight is 156 g/mol. The predicted octanol–water partition coefficient (Wildman–Crippen LogP) is 2.73. The fourth-order valence-electron chi connectivity index (χ4n) is 1.92. The molecule has 1 rings (SSSR count). The molecule has 1 fully saturated rings. The highest BCUT2D eigenvalue weighted by Gasteiger charge is 2.30. The summed E-state index contributed by atoms with van der Waals surface area (Å²) >= 11 is 0. The summed E-state index contributed by atoms with van der Waals surface area (Å²) in [5, 5.41) is 10.1. The van der Waals surface area contributed by atoms with E-state index < -0.39 is 0 Å². The molecule has 0 saturated heterocycles. The van der Waals surface area contributed by atoms with Crippen molar-refractivity contribution in [3.8, 4) is 0 Å². The summed E-state index contributed by atoms with van der Waals surface area (Å²) in [5.41, 5.74) is -0.337. The van der Waals surface area contributed by atoms with Crippen LogP contribution in [0.4, 0.5) is 0 Å². The molecule has 0 amide bonds. The highest BCUT2D eigenvalue weighted by molar-refractivity contribution is 4.83. The summed E-state index contributed by atoms with van der Waals surface area (Å²) in [6.45, 7) is 4.26. The van der Waals surface area contributed by atoms with Crippen LogP contribution in [0, 0.1) is 5.92 Å². The van der Waals surface area contributed by atoms with E-state index in [-0.39, 0.29) is 5.60 Å². The molecule has 0 aromatic heterocycles. The molecule has 0 aliphatic heterocycles. The van der Waals surface area contributed by atoms with E-state index in [4.69, 9.17) is 0 Å². The Kier molecular flexibility index (Phi) is 2.94. The molecular formula is C10H20O. The Bertz CT molecular complexity index is 110. The van der Waals surface area contributed by atoms with Crippen molar-refractivity contribution in [2.45, 2.75) is 58.0 Å². The first-order valence-corrected chi connectivity index (χ1v) is 4.87. The molecule has 1 nitrogen and oxygen atoms in total. The topological polar surface area (TPSA) is 20.2 Å². The summed E-state index contributed by atoms with van der Waals surface area (Å²) in [4.78, 5) is 0. The van der Waals surface area contributed by atoms with E-state index in [1.165, 1.54) is 25.7 Å². The standard InChI is InChI=1S/C10H20O/c1-9(2)10(11)7-5-3-4-6-8-10/h9,11H,3-8H2,1-2H3. The van der Waals surface area contributed by atoms with Crippen LogP contribution in [0.1, 0.15) is 52.4 Å². The Hall–Kier alpha value is -0.0400. The van der Waals surface area contributed by atoms with Gasteiger partial charge in [0.05, 0.1) is 5.60 Å². The van der Waals surface area contributed by atoms with Gasteiger partial charge < -0.3 is 5.11 Å². The van der Waals surface area contributed by atoms with Gasteiger partial charge in [0.2, 0.25) is 0 Å². The Morgan fingerprint density at radius 1 is 1.00 bits per heavy atom. The fourth-order valence-corrected chi connectivity index (χ4v) is 1.92. The minimum atomic E-state index is -0.337. The summed E-state index contributed by atoms with van der Waals surface area (Å²) in [5.74, 6) is 0.431. The number of hydrogen-bond donors (Lipinski definition) is 1. The van der Waals surface area contributed by atoms with Crippen LogP contribution in [0.15, 0.2) is 0 Å². The minimum absolute atomic E-state index is 0.337. The molecular weight excluding hydrogens is 136 g/mol. The van der Waals surface area contributed by atoms with Gasteiger partial charge in [-0.05, 0) is 18.8 Å². The quantitative estimate of drug-likeness (QED) is 0.579. The van der Waals surface area contributed by atoms with Crippen LogP contribution >= 0.6 is 0 Å². The van der Waals surface area contributed by atoms with Crippen LogP contribution in [0.5, 0.6) is 0 Å². The van der Waals surface area contributed by atoms with Crippen molar-refractivity contribution in [2.24, 2.45) is 5.92 Å². The normalized spacial score (nSPS) is 25.1. The van der Waals surface area contributed by atoms with Gasteiger partial charge in [-0.2, -0.15) is 0 Å². The molecule has 1 N–H and O–H groups in total. The lowest BCUT2D eigenvalue weighted by atomic mass is 9.84. The Labute approximate surface area is 69.8 Å². The highest BCUT2D eigenvalue weighted by Crippen LogP contribution is 2.32. The molecule has 11 heavy (non-hydrogen) atoms. The lowest BCUT2D eigenvalue weighted by Crippen LogP contribution is -2.33. The third-order valence-electron chi connectivity index (χ3n) is 3.04. The van der Waals surface area contributed by atoms with Crippen LogP contribution in [-0.2, 0) is 0 Å². The van der Waals surface area contributed by atoms with E-state index in [2.05, 4.69) is 13.8 Å². The van der Waals surface area contributed by atoms with Crippen LogP contribution in [0.25, 0.3) is 0 Å². The van der Waals surface area contributed by atoms with Gasteiger partial charge in [-0.25, -0.2) is 0 Å². The van der Waals surface area contributed by atoms with Crippen molar-refractivity contribution >= 4 is 0 Å². The first-order chi connectivity index (χ1) is 5.15. The molecule has 1 heteroatoms. The van der Waals surface area contributed by atoms with Crippen LogP contribution in [-0.4, -0.2) is 10.7 Å². The first kappa shape index (κ1) is 9.05. The number of hydrogen-bond acceptors (Lipinski definition) is 1. The molecule has 0 bridgehead atoms. The smallest absolute Gasteiger partial charge is 0.0670 e. The van der Waals surface area contributed by atoms with E-state index in [0.29, 0.717) is 5.92 Å². The zero-order valence-electron chi connectivity index (χ0n) is 7.77. The number of aliphatic hydroxyl groups is 1. The van der Waals surface area contributed by atoms with Crippen molar-refractivity contribution < 1.29 is 5.11 Å². The van der Waals surface area contributed by atoms with E-state index in [1.807, 2.05) is 0 Å². The van der Waals surface area contributed by atoms with Gasteiger partial charge in [0.1, 0.15) is 0 Å². The maximum absolute atomic E-state index is 10.1. The predicted molar refractivity (Wildman–Crippen MR) is 47.5 cm³/mol. The van der Waals surface area contributed by atoms with E-state index in [1.54, 1.807) is 0 Å². The van der Waals surface area contributed by atoms with Crippen molar-refractivity contribution in [3.63, 3.8) is 0 Å². The molecule has 1 aliphatic rings. The summed E-state index contributed by atoms with van der Waals surface area (Å²) < 4.78 is 0. The molecule has 0 unspecified atom stereocenters. The van der Waals surface area contributed by atoms with Crippen molar-refractivity contribution in [3.05, 3.63) is 0 Å². The molecule has 0 heterocycles. The lowest BCUT2D eigenvalue weighted by molar-refractivity contribution is -0.0187. The first-order valence-electron chi connectivity index (χ1n) is 4.87. The van der Waals surface area contributed by atoms with Crippen LogP contribution in [0.3, 0.4) is 0 Å². The maximum atomic E-state index is 10.1. The SMILES string of the molecule is CC(C)C1(O)CCCCCC1. The van der Waals surface area contributed by atoms with E-state index in [9.17, 15) is 5.11 Å². The average Bonchev–Trinajstić information content (AvgIpc) is 2.15. The Morgan fingerprint density at radius 2 is 1.45 bits per heavy atom.